The summed E-state index contributed by atoms with van der Waals surface area (Å²) in [4.78, 5) is 18.9. The Bertz CT molecular complexity index is 382. The molecule has 0 aliphatic carbocycles. The standard InChI is InChI=1S/C9H14ClN5O/c1-5(2)15-6(16)3-12-9-7(10)8(11)13-4-14-9/h4-5H,3H2,1-2H3,(H,15,16)(H3,11,12,13,14). The smallest absolute Gasteiger partial charge is 0.239 e. The second kappa shape index (κ2) is 5.50. The molecule has 0 atom stereocenters. The maximum Gasteiger partial charge on any atom is 0.239 e. The molecule has 7 heteroatoms. The highest BCUT2D eigenvalue weighted by atomic mass is 35.5. The lowest BCUT2D eigenvalue weighted by molar-refractivity contribution is -0.119. The Kier molecular flexibility index (Phi) is 4.30. The van der Waals surface area contributed by atoms with E-state index in [0.717, 1.165) is 0 Å². The predicted octanol–water partition coefficient (Wildman–Crippen LogP) is 0.649. The van der Waals surface area contributed by atoms with Gasteiger partial charge in [-0.2, -0.15) is 0 Å². The molecule has 6 nitrogen and oxygen atoms in total. The van der Waals surface area contributed by atoms with Crippen LogP contribution in [0.1, 0.15) is 13.8 Å². The highest BCUT2D eigenvalue weighted by Gasteiger charge is 2.08. The first-order chi connectivity index (χ1) is 7.50. The van der Waals surface area contributed by atoms with E-state index in [0.29, 0.717) is 5.82 Å². The number of nitrogens with two attached hydrogens (primary N) is 1. The van der Waals surface area contributed by atoms with Gasteiger partial charge in [0, 0.05) is 6.04 Å². The van der Waals surface area contributed by atoms with E-state index >= 15 is 0 Å². The molecule has 0 saturated carbocycles. The molecule has 1 rings (SSSR count). The summed E-state index contributed by atoms with van der Waals surface area (Å²) in [6.45, 7) is 3.86. The Hall–Kier alpha value is -1.56. The topological polar surface area (TPSA) is 92.9 Å². The largest absolute Gasteiger partial charge is 0.382 e. The second-order valence-corrected chi connectivity index (χ2v) is 3.88. The summed E-state index contributed by atoms with van der Waals surface area (Å²) in [6.07, 6.45) is 1.28. The van der Waals surface area contributed by atoms with Gasteiger partial charge in [-0.3, -0.25) is 4.79 Å². The molecule has 1 aromatic rings. The van der Waals surface area contributed by atoms with Crippen molar-refractivity contribution < 1.29 is 4.79 Å². The average molecular weight is 244 g/mol. The molecule has 16 heavy (non-hydrogen) atoms. The lowest BCUT2D eigenvalue weighted by Gasteiger charge is -2.10. The van der Waals surface area contributed by atoms with Crippen molar-refractivity contribution in [1.29, 1.82) is 0 Å². The van der Waals surface area contributed by atoms with Crippen molar-refractivity contribution in [1.82, 2.24) is 15.3 Å². The molecule has 0 saturated heterocycles. The van der Waals surface area contributed by atoms with E-state index in [-0.39, 0.29) is 29.3 Å². The van der Waals surface area contributed by atoms with Crippen LogP contribution in [0.5, 0.6) is 0 Å². The molecule has 0 spiro atoms. The fraction of sp³-hybridized carbons (Fsp3) is 0.444. The van der Waals surface area contributed by atoms with E-state index in [1.807, 2.05) is 13.8 Å². The minimum absolute atomic E-state index is 0.0916. The van der Waals surface area contributed by atoms with E-state index in [2.05, 4.69) is 20.6 Å². The first kappa shape index (κ1) is 12.5. The number of nitrogens with one attached hydrogen (secondary N) is 2. The molecule has 0 radical (unpaired) electrons. The van der Waals surface area contributed by atoms with Gasteiger partial charge in [-0.1, -0.05) is 11.6 Å². The van der Waals surface area contributed by atoms with Crippen LogP contribution in [-0.4, -0.2) is 28.5 Å². The Labute approximate surface area is 98.6 Å². The fourth-order valence-electron chi connectivity index (χ4n) is 1.04. The van der Waals surface area contributed by atoms with Crippen LogP contribution >= 0.6 is 11.6 Å². The SMILES string of the molecule is CC(C)NC(=O)CNc1ncnc(N)c1Cl. The van der Waals surface area contributed by atoms with Crippen LogP contribution in [0.3, 0.4) is 0 Å². The van der Waals surface area contributed by atoms with Crippen LogP contribution in [0.2, 0.25) is 5.02 Å². The van der Waals surface area contributed by atoms with Gasteiger partial charge in [-0.05, 0) is 13.8 Å². The highest BCUT2D eigenvalue weighted by molar-refractivity contribution is 6.35. The Balaban J connectivity index is 2.55. The van der Waals surface area contributed by atoms with Crippen molar-refractivity contribution in [2.45, 2.75) is 19.9 Å². The predicted molar refractivity (Wildman–Crippen MR) is 63.2 cm³/mol. The van der Waals surface area contributed by atoms with Gasteiger partial charge in [0.1, 0.15) is 17.2 Å². The Morgan fingerprint density at radius 2 is 2.25 bits per heavy atom. The van der Waals surface area contributed by atoms with E-state index in [1.165, 1.54) is 6.33 Å². The quantitative estimate of drug-likeness (QED) is 0.722. The van der Waals surface area contributed by atoms with Crippen LogP contribution in [-0.2, 0) is 4.79 Å². The maximum absolute atomic E-state index is 11.3. The monoisotopic (exact) mass is 243 g/mol. The summed E-state index contributed by atoms with van der Waals surface area (Å²) >= 11 is 5.84. The van der Waals surface area contributed by atoms with Crippen molar-refractivity contribution in [2.75, 3.05) is 17.6 Å². The van der Waals surface area contributed by atoms with Crippen molar-refractivity contribution in [3.63, 3.8) is 0 Å². The molecular weight excluding hydrogens is 230 g/mol. The summed E-state index contributed by atoms with van der Waals surface area (Å²) in [7, 11) is 0. The van der Waals surface area contributed by atoms with Crippen molar-refractivity contribution >= 4 is 29.1 Å². The van der Waals surface area contributed by atoms with Gasteiger partial charge >= 0.3 is 0 Å². The molecule has 0 aliphatic heterocycles. The summed E-state index contributed by atoms with van der Waals surface area (Å²) in [5.74, 6) is 0.403. The van der Waals surface area contributed by atoms with Gasteiger partial charge < -0.3 is 16.4 Å². The number of amides is 1. The number of carbonyl (C=O) groups is 1. The molecule has 88 valence electrons. The van der Waals surface area contributed by atoms with Crippen LogP contribution < -0.4 is 16.4 Å². The number of aromatic nitrogens is 2. The second-order valence-electron chi connectivity index (χ2n) is 3.50. The zero-order valence-corrected chi connectivity index (χ0v) is 9.88. The van der Waals surface area contributed by atoms with Crippen molar-refractivity contribution in [3.8, 4) is 0 Å². The summed E-state index contributed by atoms with van der Waals surface area (Å²) in [6, 6.07) is 0.0974. The van der Waals surface area contributed by atoms with E-state index in [9.17, 15) is 4.79 Å². The number of nitrogen functional groups attached to an aromatic ring is 1. The highest BCUT2D eigenvalue weighted by Crippen LogP contribution is 2.22. The lowest BCUT2D eigenvalue weighted by atomic mass is 10.4. The van der Waals surface area contributed by atoms with E-state index in [1.54, 1.807) is 0 Å². The van der Waals surface area contributed by atoms with Gasteiger partial charge in [0.2, 0.25) is 5.91 Å². The van der Waals surface area contributed by atoms with Gasteiger partial charge in [-0.15, -0.1) is 0 Å². The number of rotatable bonds is 4. The summed E-state index contributed by atoms with van der Waals surface area (Å²) in [5, 5.41) is 5.73. The van der Waals surface area contributed by atoms with Crippen molar-refractivity contribution in [2.24, 2.45) is 0 Å². The normalized spacial score (nSPS) is 10.2. The number of hydrogen-bond donors (Lipinski definition) is 3. The number of carbonyl (C=O) groups excluding carboxylic acids is 1. The molecule has 0 fully saturated rings. The van der Waals surface area contributed by atoms with E-state index < -0.39 is 0 Å². The van der Waals surface area contributed by atoms with Crippen LogP contribution in [0.15, 0.2) is 6.33 Å². The molecule has 0 bridgehead atoms. The number of anilines is 2. The minimum Gasteiger partial charge on any atom is -0.382 e. The van der Waals surface area contributed by atoms with Crippen LogP contribution in [0, 0.1) is 0 Å². The average Bonchev–Trinajstić information content (AvgIpc) is 2.19. The summed E-state index contributed by atoms with van der Waals surface area (Å²) < 4.78 is 0. The Morgan fingerprint density at radius 1 is 1.56 bits per heavy atom. The van der Waals surface area contributed by atoms with Gasteiger partial charge in [0.15, 0.2) is 5.82 Å². The van der Waals surface area contributed by atoms with Crippen LogP contribution in [0.4, 0.5) is 11.6 Å². The maximum atomic E-state index is 11.3. The molecule has 0 aliphatic rings. The minimum atomic E-state index is -0.136. The third-order valence-electron chi connectivity index (χ3n) is 1.68. The van der Waals surface area contributed by atoms with E-state index in [4.69, 9.17) is 17.3 Å². The van der Waals surface area contributed by atoms with Gasteiger partial charge in [0.25, 0.3) is 0 Å². The molecule has 0 aromatic carbocycles. The molecule has 1 heterocycles. The number of halogens is 1. The zero-order valence-electron chi connectivity index (χ0n) is 9.12. The van der Waals surface area contributed by atoms with Crippen molar-refractivity contribution in [3.05, 3.63) is 11.3 Å². The molecular formula is C9H14ClN5O. The molecule has 1 amide bonds. The van der Waals surface area contributed by atoms with Gasteiger partial charge in [-0.25, -0.2) is 9.97 Å². The summed E-state index contributed by atoms with van der Waals surface area (Å²) in [5.41, 5.74) is 5.48. The fourth-order valence-corrected chi connectivity index (χ4v) is 1.21. The first-order valence-electron chi connectivity index (χ1n) is 4.80. The first-order valence-corrected chi connectivity index (χ1v) is 5.17. The number of hydrogen-bond acceptors (Lipinski definition) is 5. The molecule has 0 unspecified atom stereocenters. The zero-order chi connectivity index (χ0) is 12.1. The lowest BCUT2D eigenvalue weighted by Crippen LogP contribution is -2.35. The third kappa shape index (κ3) is 3.54. The Morgan fingerprint density at radius 3 is 2.88 bits per heavy atom. The van der Waals surface area contributed by atoms with Gasteiger partial charge in [0.05, 0.1) is 6.54 Å². The third-order valence-corrected chi connectivity index (χ3v) is 2.06. The number of nitrogens with zero attached hydrogens (tertiary/aromatic N) is 2. The molecule has 1 aromatic heterocycles. The molecule has 4 N–H and O–H groups in total. The van der Waals surface area contributed by atoms with Crippen LogP contribution in [0.25, 0.3) is 0 Å².